The summed E-state index contributed by atoms with van der Waals surface area (Å²) in [6.45, 7) is 8.06. The number of aryl methyl sites for hydroxylation is 1. The van der Waals surface area contributed by atoms with Crippen LogP contribution in [0, 0.1) is 25.1 Å². The lowest BCUT2D eigenvalue weighted by Crippen LogP contribution is -2.46. The third-order valence-electron chi connectivity index (χ3n) is 9.77. The van der Waals surface area contributed by atoms with Crippen molar-refractivity contribution < 1.29 is 14.2 Å². The van der Waals surface area contributed by atoms with Gasteiger partial charge in [0.25, 0.3) is 0 Å². The van der Waals surface area contributed by atoms with Gasteiger partial charge in [0.15, 0.2) is 0 Å². The van der Waals surface area contributed by atoms with Crippen LogP contribution in [0.3, 0.4) is 0 Å². The molecule has 0 radical (unpaired) electrons. The molecule has 3 aliphatic heterocycles. The summed E-state index contributed by atoms with van der Waals surface area (Å²) in [6, 6.07) is 13.6. The Hall–Kier alpha value is -3.73. The maximum Gasteiger partial charge on any atom is 0.319 e. The molecule has 0 aliphatic carbocycles. The molecule has 6 nitrogen and oxygen atoms in total. The van der Waals surface area contributed by atoms with Gasteiger partial charge in [0, 0.05) is 23.9 Å². The second-order valence-electron chi connectivity index (χ2n) is 12.7. The highest BCUT2D eigenvalue weighted by molar-refractivity contribution is 6.04. The summed E-state index contributed by atoms with van der Waals surface area (Å²) >= 11 is 0. The van der Waals surface area contributed by atoms with Crippen LogP contribution in [0.4, 0.5) is 10.2 Å². The molecule has 3 aromatic carbocycles. The third-order valence-corrected chi connectivity index (χ3v) is 9.77. The van der Waals surface area contributed by atoms with Crippen LogP contribution >= 0.6 is 0 Å². The van der Waals surface area contributed by atoms with Gasteiger partial charge in [-0.2, -0.15) is 9.97 Å². The average molecular weight is 565 g/mol. The lowest BCUT2D eigenvalue weighted by molar-refractivity contribution is 0.0447. The number of anilines is 1. The normalized spacial score (nSPS) is 22.0. The summed E-state index contributed by atoms with van der Waals surface area (Å²) in [5, 5.41) is 13.5. The van der Waals surface area contributed by atoms with Gasteiger partial charge in [-0.05, 0) is 99.7 Å². The maximum absolute atomic E-state index is 14.8. The fourth-order valence-corrected chi connectivity index (χ4v) is 7.67. The van der Waals surface area contributed by atoms with Gasteiger partial charge < -0.3 is 14.7 Å². The van der Waals surface area contributed by atoms with Crippen molar-refractivity contribution in [2.24, 2.45) is 0 Å². The Kier molecular flexibility index (Phi) is 6.60. The van der Waals surface area contributed by atoms with E-state index < -0.39 is 11.4 Å². The van der Waals surface area contributed by atoms with Gasteiger partial charge in [-0.25, -0.2) is 4.39 Å². The SMILES string of the molecule is C#Cc1c(F)ccc2cccc(-c3ccc4c(N5CCC[C@@](C)(O)C5)nc(OCC56CCCN5CCC6)nc4c3C)c12. The number of halogens is 1. The highest BCUT2D eigenvalue weighted by Crippen LogP contribution is 2.41. The minimum absolute atomic E-state index is 0.0722. The zero-order valence-corrected chi connectivity index (χ0v) is 24.4. The van der Waals surface area contributed by atoms with Crippen LogP contribution in [0.5, 0.6) is 6.01 Å². The van der Waals surface area contributed by atoms with Crippen molar-refractivity contribution in [1.29, 1.82) is 0 Å². The van der Waals surface area contributed by atoms with Gasteiger partial charge in [0.05, 0.1) is 22.2 Å². The smallest absolute Gasteiger partial charge is 0.319 e. The number of ether oxygens (including phenoxy) is 1. The molecule has 0 spiro atoms. The molecule has 0 unspecified atom stereocenters. The van der Waals surface area contributed by atoms with Crippen LogP contribution in [0.25, 0.3) is 32.8 Å². The average Bonchev–Trinajstić information content (AvgIpc) is 3.56. The number of hydrogen-bond donors (Lipinski definition) is 1. The molecule has 3 fully saturated rings. The highest BCUT2D eigenvalue weighted by Gasteiger charge is 2.45. The van der Waals surface area contributed by atoms with Crippen molar-refractivity contribution >= 4 is 27.5 Å². The molecule has 3 saturated heterocycles. The molecular formula is C35H37FN4O2. The van der Waals surface area contributed by atoms with E-state index in [1.54, 1.807) is 6.07 Å². The highest BCUT2D eigenvalue weighted by atomic mass is 19.1. The van der Waals surface area contributed by atoms with Crippen molar-refractivity contribution in [3.63, 3.8) is 0 Å². The minimum Gasteiger partial charge on any atom is -0.461 e. The van der Waals surface area contributed by atoms with E-state index in [2.05, 4.69) is 21.8 Å². The predicted molar refractivity (Wildman–Crippen MR) is 165 cm³/mol. The van der Waals surface area contributed by atoms with Crippen LogP contribution < -0.4 is 9.64 Å². The first-order valence-corrected chi connectivity index (χ1v) is 15.1. The van der Waals surface area contributed by atoms with E-state index in [1.807, 2.05) is 38.1 Å². The van der Waals surface area contributed by atoms with Crippen LogP contribution in [0.15, 0.2) is 42.5 Å². The predicted octanol–water partition coefficient (Wildman–Crippen LogP) is 6.24. The fourth-order valence-electron chi connectivity index (χ4n) is 7.67. The topological polar surface area (TPSA) is 61.7 Å². The summed E-state index contributed by atoms with van der Waals surface area (Å²) in [5.74, 6) is 2.96. The van der Waals surface area contributed by atoms with Gasteiger partial charge in [-0.1, -0.05) is 36.3 Å². The van der Waals surface area contributed by atoms with Crippen molar-refractivity contribution in [2.75, 3.05) is 37.7 Å². The van der Waals surface area contributed by atoms with Crippen molar-refractivity contribution in [3.8, 4) is 29.5 Å². The fraction of sp³-hybridized carbons (Fsp3) is 0.429. The van der Waals surface area contributed by atoms with Gasteiger partial charge in [-0.15, -0.1) is 6.42 Å². The number of aliphatic hydroxyl groups is 1. The number of fused-ring (bicyclic) bond motifs is 3. The Morgan fingerprint density at radius 1 is 1.00 bits per heavy atom. The largest absolute Gasteiger partial charge is 0.461 e. The standard InChI is InChI=1S/C35H37FN4O2/c1-4-25-29(36)14-11-24-9-5-10-27(30(24)25)26-12-13-28-31(23(26)2)37-33(38-32(28)39-18-6-15-34(3,41)21-39)42-22-35-16-7-19-40(35)20-8-17-35/h1,5,9-14,41H,6-8,15-22H2,2-3H3/t34-/m1/s1. The zero-order valence-electron chi connectivity index (χ0n) is 24.4. The molecule has 7 rings (SSSR count). The summed E-state index contributed by atoms with van der Waals surface area (Å²) in [6.07, 6.45) is 12.1. The lowest BCUT2D eigenvalue weighted by Gasteiger charge is -2.38. The molecule has 4 aromatic rings. The number of β-amino-alcohol motifs (C(OH)–C–C–N with tert-alkyl or cyclic N) is 1. The van der Waals surface area contributed by atoms with Crippen LogP contribution in [0.1, 0.15) is 56.6 Å². The van der Waals surface area contributed by atoms with E-state index in [9.17, 15) is 9.50 Å². The minimum atomic E-state index is -0.794. The lowest BCUT2D eigenvalue weighted by atomic mass is 9.91. The molecule has 0 saturated carbocycles. The third kappa shape index (κ3) is 4.49. The Morgan fingerprint density at radius 2 is 1.79 bits per heavy atom. The Balaban J connectivity index is 1.38. The van der Waals surface area contributed by atoms with Gasteiger partial charge in [0.2, 0.25) is 0 Å². The zero-order chi connectivity index (χ0) is 29.1. The van der Waals surface area contributed by atoms with Gasteiger partial charge in [-0.3, -0.25) is 4.90 Å². The van der Waals surface area contributed by atoms with E-state index in [4.69, 9.17) is 21.1 Å². The molecule has 7 heteroatoms. The molecule has 1 aromatic heterocycles. The Labute approximate surface area is 246 Å². The number of benzene rings is 3. The molecule has 4 heterocycles. The van der Waals surface area contributed by atoms with E-state index in [0.29, 0.717) is 19.2 Å². The Bertz CT molecular complexity index is 1730. The van der Waals surface area contributed by atoms with Gasteiger partial charge in [0.1, 0.15) is 18.2 Å². The van der Waals surface area contributed by atoms with E-state index in [-0.39, 0.29) is 11.1 Å². The van der Waals surface area contributed by atoms with E-state index >= 15 is 0 Å². The number of aromatic nitrogens is 2. The van der Waals surface area contributed by atoms with Crippen LogP contribution in [0.2, 0.25) is 0 Å². The first-order valence-electron chi connectivity index (χ1n) is 15.1. The van der Waals surface area contributed by atoms with E-state index in [0.717, 1.165) is 89.5 Å². The number of nitrogens with zero attached hydrogens (tertiary/aromatic N) is 4. The number of piperidine rings is 1. The molecule has 42 heavy (non-hydrogen) atoms. The van der Waals surface area contributed by atoms with Crippen molar-refractivity contribution in [3.05, 3.63) is 59.4 Å². The molecule has 0 amide bonds. The van der Waals surface area contributed by atoms with Gasteiger partial charge >= 0.3 is 6.01 Å². The van der Waals surface area contributed by atoms with Crippen LogP contribution in [-0.2, 0) is 0 Å². The Morgan fingerprint density at radius 3 is 2.55 bits per heavy atom. The van der Waals surface area contributed by atoms with Crippen molar-refractivity contribution in [1.82, 2.24) is 14.9 Å². The summed E-state index contributed by atoms with van der Waals surface area (Å²) in [7, 11) is 0. The number of hydrogen-bond acceptors (Lipinski definition) is 6. The second kappa shape index (κ2) is 10.2. The maximum atomic E-state index is 14.8. The molecule has 1 atom stereocenters. The summed E-state index contributed by atoms with van der Waals surface area (Å²) in [4.78, 5) is 14.7. The number of terminal acetylenes is 1. The van der Waals surface area contributed by atoms with Crippen molar-refractivity contribution in [2.45, 2.75) is 63.5 Å². The molecule has 0 bridgehead atoms. The summed E-state index contributed by atoms with van der Waals surface area (Å²) in [5.41, 5.74) is 3.09. The molecular weight excluding hydrogens is 527 g/mol. The monoisotopic (exact) mass is 564 g/mol. The quantitative estimate of drug-likeness (QED) is 0.290. The van der Waals surface area contributed by atoms with E-state index in [1.165, 1.54) is 18.9 Å². The molecule has 3 aliphatic rings. The van der Waals surface area contributed by atoms with Crippen LogP contribution in [-0.4, -0.2) is 63.9 Å². The summed E-state index contributed by atoms with van der Waals surface area (Å²) < 4.78 is 21.3. The second-order valence-corrected chi connectivity index (χ2v) is 12.7. The molecule has 1 N–H and O–H groups in total. The first kappa shape index (κ1) is 27.1. The first-order chi connectivity index (χ1) is 20.3. The number of rotatable bonds is 5. The molecule has 216 valence electrons.